The van der Waals surface area contributed by atoms with E-state index in [0.29, 0.717) is 24.5 Å². The zero-order valence-corrected chi connectivity index (χ0v) is 21.0. The van der Waals surface area contributed by atoms with Crippen molar-refractivity contribution >= 4 is 50.2 Å². The van der Waals surface area contributed by atoms with Gasteiger partial charge in [-0.1, -0.05) is 66.3 Å². The topological polar surface area (TPSA) is 107 Å². The van der Waals surface area contributed by atoms with Crippen molar-refractivity contribution in [1.82, 2.24) is 0 Å². The molecule has 31 heavy (non-hydrogen) atoms. The molecule has 0 spiro atoms. The van der Waals surface area contributed by atoms with Crippen LogP contribution in [0.25, 0.3) is 0 Å². The summed E-state index contributed by atoms with van der Waals surface area (Å²) in [6, 6.07) is 5.94. The molecule has 2 atom stereocenters. The Balaban J connectivity index is 0.00000961. The van der Waals surface area contributed by atoms with Crippen molar-refractivity contribution in [1.29, 1.82) is 0 Å². The molecule has 0 amide bonds. The molecule has 0 saturated carbocycles. The third-order valence-electron chi connectivity index (χ3n) is 4.03. The Kier molecular flexibility index (Phi) is 12.7. The normalized spacial score (nSPS) is 13.5. The van der Waals surface area contributed by atoms with Gasteiger partial charge in [0, 0.05) is 30.0 Å². The van der Waals surface area contributed by atoms with Crippen LogP contribution in [-0.4, -0.2) is 50.9 Å². The molecule has 3 N–H and O–H groups in total. The third-order valence-corrected chi connectivity index (χ3v) is 8.43. The van der Waals surface area contributed by atoms with Gasteiger partial charge >= 0.3 is 5.97 Å². The van der Waals surface area contributed by atoms with E-state index in [-0.39, 0.29) is 41.6 Å². The number of thioether (sulfide) groups is 1. The summed E-state index contributed by atoms with van der Waals surface area (Å²) in [7, 11) is 3.23. The highest BCUT2D eigenvalue weighted by atomic mass is 33.1. The fourth-order valence-corrected chi connectivity index (χ4v) is 5.84. The minimum Gasteiger partial charge on any atom is -0.508 e. The van der Waals surface area contributed by atoms with E-state index in [1.54, 1.807) is 52.8 Å². The van der Waals surface area contributed by atoms with Crippen molar-refractivity contribution in [3.05, 3.63) is 29.8 Å². The summed E-state index contributed by atoms with van der Waals surface area (Å²) in [5, 5.41) is 9.34. The molecule has 0 radical (unpaired) electrons. The molecular formula is C22H35NO5S3. The number of ketones is 1. The molecule has 0 aliphatic carbocycles. The van der Waals surface area contributed by atoms with E-state index in [2.05, 4.69) is 20.8 Å². The van der Waals surface area contributed by atoms with Crippen LogP contribution in [0, 0.1) is 5.92 Å². The molecule has 0 aliphatic heterocycles. The molecule has 176 valence electrons. The van der Waals surface area contributed by atoms with Crippen LogP contribution in [0.4, 0.5) is 0 Å². The molecule has 0 heterocycles. The Morgan fingerprint density at radius 3 is 2.42 bits per heavy atom. The van der Waals surface area contributed by atoms with Gasteiger partial charge in [-0.25, -0.2) is 0 Å². The quantitative estimate of drug-likeness (QED) is 0.306. The lowest BCUT2D eigenvalue weighted by Crippen LogP contribution is -2.35. The van der Waals surface area contributed by atoms with Gasteiger partial charge in [0.05, 0.1) is 19.1 Å². The highest BCUT2D eigenvalue weighted by molar-refractivity contribution is 8.77. The second kappa shape index (κ2) is 14.1. The predicted octanol–water partition coefficient (Wildman–Crippen LogP) is 4.48. The number of hydrogen-bond acceptors (Lipinski definition) is 9. The Bertz CT molecular complexity index is 725. The van der Waals surface area contributed by atoms with Gasteiger partial charge in [-0.3, -0.25) is 14.4 Å². The minimum absolute atomic E-state index is 0. The number of aromatic hydroxyl groups is 1. The lowest BCUT2D eigenvalue weighted by atomic mass is 9.93. The number of rotatable bonds is 13. The van der Waals surface area contributed by atoms with Crippen LogP contribution in [0.15, 0.2) is 24.3 Å². The van der Waals surface area contributed by atoms with Crippen LogP contribution in [0.5, 0.6) is 5.75 Å². The van der Waals surface area contributed by atoms with Gasteiger partial charge in [0.25, 0.3) is 0 Å². The fourth-order valence-electron chi connectivity index (χ4n) is 2.51. The monoisotopic (exact) mass is 489 g/mol. The first-order valence-corrected chi connectivity index (χ1v) is 13.5. The molecule has 1 rings (SSSR count). The number of esters is 1. The van der Waals surface area contributed by atoms with Gasteiger partial charge in [-0.05, 0) is 31.0 Å². The summed E-state index contributed by atoms with van der Waals surface area (Å²) in [6.07, 6.45) is 0.562. The second-order valence-electron chi connectivity index (χ2n) is 8.05. The highest BCUT2D eigenvalue weighted by Gasteiger charge is 2.26. The lowest BCUT2D eigenvalue weighted by molar-refractivity contribution is -0.142. The summed E-state index contributed by atoms with van der Waals surface area (Å²) >= 11 is 1.04. The number of carbonyl (C=O) groups excluding carboxylic acids is 3. The zero-order valence-electron chi connectivity index (χ0n) is 18.6. The summed E-state index contributed by atoms with van der Waals surface area (Å²) in [5.74, 6) is -0.106. The molecule has 0 aliphatic rings. The summed E-state index contributed by atoms with van der Waals surface area (Å²) < 4.78 is 4.96. The fraction of sp³-hybridized carbons (Fsp3) is 0.591. The number of benzene rings is 1. The number of phenols is 1. The molecule has 1 aromatic carbocycles. The molecule has 0 bridgehead atoms. The molecule has 0 fully saturated rings. The van der Waals surface area contributed by atoms with Gasteiger partial charge in [0.15, 0.2) is 10.9 Å². The van der Waals surface area contributed by atoms with Crippen molar-refractivity contribution in [2.75, 3.05) is 18.1 Å². The highest BCUT2D eigenvalue weighted by Crippen LogP contribution is 2.35. The van der Waals surface area contributed by atoms with Crippen LogP contribution in [-0.2, 0) is 25.5 Å². The molecular weight excluding hydrogens is 454 g/mol. The molecule has 0 saturated heterocycles. The van der Waals surface area contributed by atoms with Crippen LogP contribution in [0.3, 0.4) is 0 Å². The third kappa shape index (κ3) is 12.5. The number of hydrogen-bond donors (Lipinski definition) is 2. The number of Topliss-reactive ketones (excluding diaryl/α,β-unsaturated/α-hetero) is 1. The number of ether oxygens (including phenoxy) is 1. The number of carbonyl (C=O) groups is 3. The molecule has 0 unspecified atom stereocenters. The van der Waals surface area contributed by atoms with Crippen LogP contribution < -0.4 is 5.73 Å². The predicted molar refractivity (Wildman–Crippen MR) is 134 cm³/mol. The Labute approximate surface area is 198 Å². The van der Waals surface area contributed by atoms with Gasteiger partial charge in [0.1, 0.15) is 5.75 Å². The standard InChI is InChI=1S/C22H33NO5S3.H2/c1-5-28-20(26)10-11-29-21(27)16(12-15-6-8-17(24)9-7-15)13-19(25)18(23)14-30-31-22(2,3)4;/h6-9,16,18,24H,5,10-14,23H2,1-4H3;1H/t16-,18+;/m1./s1. The van der Waals surface area contributed by atoms with Crippen LogP contribution in [0.1, 0.15) is 47.5 Å². The van der Waals surface area contributed by atoms with E-state index in [1.807, 2.05) is 0 Å². The van der Waals surface area contributed by atoms with E-state index in [0.717, 1.165) is 17.3 Å². The Hall–Kier alpha value is -1.16. The first-order chi connectivity index (χ1) is 14.5. The van der Waals surface area contributed by atoms with Gasteiger partial charge < -0.3 is 15.6 Å². The van der Waals surface area contributed by atoms with Crippen LogP contribution >= 0.6 is 33.3 Å². The maximum atomic E-state index is 12.8. The maximum Gasteiger partial charge on any atom is 0.306 e. The van der Waals surface area contributed by atoms with E-state index in [4.69, 9.17) is 10.5 Å². The average molecular weight is 490 g/mol. The number of phenolic OH excluding ortho intramolecular Hbond substituents is 1. The van der Waals surface area contributed by atoms with E-state index < -0.39 is 12.0 Å². The Morgan fingerprint density at radius 2 is 1.84 bits per heavy atom. The maximum absolute atomic E-state index is 12.8. The molecule has 6 nitrogen and oxygen atoms in total. The van der Waals surface area contributed by atoms with Crippen molar-refractivity contribution < 1.29 is 25.7 Å². The minimum atomic E-state index is -0.639. The first-order valence-electron chi connectivity index (χ1n) is 10.2. The van der Waals surface area contributed by atoms with Gasteiger partial charge in [0.2, 0.25) is 0 Å². The first kappa shape index (κ1) is 27.9. The number of nitrogens with two attached hydrogens (primary N) is 1. The zero-order chi connectivity index (χ0) is 23.4. The largest absolute Gasteiger partial charge is 0.508 e. The SMILES string of the molecule is CCOC(=O)CCSC(=O)[C@@H](CC(=O)[C@@H](N)CSSC(C)(C)C)Cc1ccc(O)cc1.[HH]. The second-order valence-corrected chi connectivity index (χ2v) is 12.3. The average Bonchev–Trinajstić information content (AvgIpc) is 2.68. The molecule has 0 aromatic heterocycles. The van der Waals surface area contributed by atoms with Crippen molar-refractivity contribution in [3.63, 3.8) is 0 Å². The van der Waals surface area contributed by atoms with Gasteiger partial charge in [-0.15, -0.1) is 0 Å². The van der Waals surface area contributed by atoms with E-state index in [9.17, 15) is 19.5 Å². The molecule has 9 heteroatoms. The van der Waals surface area contributed by atoms with E-state index in [1.165, 1.54) is 0 Å². The lowest BCUT2D eigenvalue weighted by Gasteiger charge is -2.19. The van der Waals surface area contributed by atoms with Gasteiger partial charge in [-0.2, -0.15) is 0 Å². The van der Waals surface area contributed by atoms with E-state index >= 15 is 0 Å². The van der Waals surface area contributed by atoms with Crippen molar-refractivity contribution in [2.24, 2.45) is 11.7 Å². The smallest absolute Gasteiger partial charge is 0.306 e. The summed E-state index contributed by atoms with van der Waals surface area (Å²) in [6.45, 7) is 8.32. The summed E-state index contributed by atoms with van der Waals surface area (Å²) in [4.78, 5) is 37.0. The van der Waals surface area contributed by atoms with Crippen LogP contribution in [0.2, 0.25) is 0 Å². The summed E-state index contributed by atoms with van der Waals surface area (Å²) in [5.41, 5.74) is 6.93. The molecule has 1 aromatic rings. The van der Waals surface area contributed by atoms with Crippen molar-refractivity contribution in [3.8, 4) is 5.75 Å². The Morgan fingerprint density at radius 1 is 1.19 bits per heavy atom. The van der Waals surface area contributed by atoms with Crippen molar-refractivity contribution in [2.45, 2.75) is 57.7 Å².